The van der Waals surface area contributed by atoms with Crippen LogP contribution in [0.4, 0.5) is 5.69 Å². The number of carbonyl (C=O) groups excluding carboxylic acids is 1. The van der Waals surface area contributed by atoms with E-state index in [9.17, 15) is 9.59 Å². The fourth-order valence-electron chi connectivity index (χ4n) is 2.67. The molecule has 9 heteroatoms. The van der Waals surface area contributed by atoms with Gasteiger partial charge >= 0.3 is 0 Å². The van der Waals surface area contributed by atoms with Gasteiger partial charge in [0, 0.05) is 24.6 Å². The molecular formula is C18H21N5O4. The van der Waals surface area contributed by atoms with Crippen molar-refractivity contribution in [2.24, 2.45) is 0 Å². The van der Waals surface area contributed by atoms with Gasteiger partial charge < -0.3 is 14.4 Å². The molecule has 0 saturated carbocycles. The first-order valence-corrected chi connectivity index (χ1v) is 8.49. The lowest BCUT2D eigenvalue weighted by molar-refractivity contribution is -0.122. The Labute approximate surface area is 155 Å². The van der Waals surface area contributed by atoms with Crippen LogP contribution in [0.3, 0.4) is 0 Å². The number of carbonyl (C=O) groups is 1. The predicted octanol–water partition coefficient (Wildman–Crippen LogP) is 1.30. The third-order valence-electron chi connectivity index (χ3n) is 3.84. The van der Waals surface area contributed by atoms with Gasteiger partial charge in [0.15, 0.2) is 0 Å². The summed E-state index contributed by atoms with van der Waals surface area (Å²) in [5.74, 6) is 1.18. The van der Waals surface area contributed by atoms with Gasteiger partial charge in [-0.05, 0) is 38.1 Å². The third kappa shape index (κ3) is 4.14. The standard InChI is InChI=1S/C18H21N5O4/c1-4-27-14-7-5-13(6-8-14)22(17(25)11-26-3)10-15-20-18-19-12(2)9-16(24)23(18)21-15/h5-9H,4,10-11H2,1-3H3,(H,19,20,21). The second-order valence-corrected chi connectivity index (χ2v) is 5.88. The van der Waals surface area contributed by atoms with Gasteiger partial charge in [-0.1, -0.05) is 0 Å². The molecule has 0 aliphatic carbocycles. The third-order valence-corrected chi connectivity index (χ3v) is 3.84. The maximum atomic E-state index is 12.5. The van der Waals surface area contributed by atoms with Crippen LogP contribution >= 0.6 is 0 Å². The molecule has 0 bridgehead atoms. The van der Waals surface area contributed by atoms with Crippen molar-refractivity contribution in [2.75, 3.05) is 25.2 Å². The van der Waals surface area contributed by atoms with E-state index in [2.05, 4.69) is 15.1 Å². The number of rotatable bonds is 7. The summed E-state index contributed by atoms with van der Waals surface area (Å²) < 4.78 is 11.7. The largest absolute Gasteiger partial charge is 0.494 e. The van der Waals surface area contributed by atoms with Crippen molar-refractivity contribution in [3.8, 4) is 5.75 Å². The Balaban J connectivity index is 1.93. The van der Waals surface area contributed by atoms with Crippen LogP contribution in [0.15, 0.2) is 35.1 Å². The van der Waals surface area contributed by atoms with Crippen molar-refractivity contribution < 1.29 is 14.3 Å². The summed E-state index contributed by atoms with van der Waals surface area (Å²) in [7, 11) is 1.46. The molecule has 142 valence electrons. The van der Waals surface area contributed by atoms with Gasteiger partial charge in [0.25, 0.3) is 17.2 Å². The summed E-state index contributed by atoms with van der Waals surface area (Å²) in [6.45, 7) is 4.25. The molecule has 9 nitrogen and oxygen atoms in total. The zero-order chi connectivity index (χ0) is 19.4. The van der Waals surface area contributed by atoms with Crippen molar-refractivity contribution in [1.82, 2.24) is 19.6 Å². The molecule has 0 atom stereocenters. The molecule has 0 saturated heterocycles. The lowest BCUT2D eigenvalue weighted by Gasteiger charge is -2.21. The van der Waals surface area contributed by atoms with Crippen LogP contribution in [0.5, 0.6) is 5.75 Å². The molecule has 0 radical (unpaired) electrons. The molecule has 1 aromatic carbocycles. The van der Waals surface area contributed by atoms with Gasteiger partial charge in [0.05, 0.1) is 13.2 Å². The summed E-state index contributed by atoms with van der Waals surface area (Å²) in [6.07, 6.45) is 0. The number of aromatic amines is 1. The summed E-state index contributed by atoms with van der Waals surface area (Å²) in [6, 6.07) is 8.57. The fourth-order valence-corrected chi connectivity index (χ4v) is 2.67. The number of methoxy groups -OCH3 is 1. The van der Waals surface area contributed by atoms with Crippen LogP contribution in [-0.4, -0.2) is 45.8 Å². The zero-order valence-corrected chi connectivity index (χ0v) is 15.4. The van der Waals surface area contributed by atoms with Gasteiger partial charge in [0.1, 0.15) is 18.2 Å². The minimum absolute atomic E-state index is 0.0786. The Morgan fingerprint density at radius 3 is 2.67 bits per heavy atom. The van der Waals surface area contributed by atoms with Crippen LogP contribution in [0.25, 0.3) is 5.78 Å². The molecule has 0 fully saturated rings. The van der Waals surface area contributed by atoms with E-state index < -0.39 is 0 Å². The second-order valence-electron chi connectivity index (χ2n) is 5.88. The topological polar surface area (TPSA) is 102 Å². The molecular weight excluding hydrogens is 350 g/mol. The lowest BCUT2D eigenvalue weighted by atomic mass is 10.2. The van der Waals surface area contributed by atoms with Crippen LogP contribution < -0.4 is 15.2 Å². The number of nitrogens with zero attached hydrogens (tertiary/aromatic N) is 4. The molecule has 2 heterocycles. The average Bonchev–Trinajstić information content (AvgIpc) is 3.04. The van der Waals surface area contributed by atoms with Crippen LogP contribution in [0, 0.1) is 6.92 Å². The smallest absolute Gasteiger partial charge is 0.274 e. The molecule has 0 aliphatic heterocycles. The first kappa shape index (κ1) is 18.6. The van der Waals surface area contributed by atoms with Crippen LogP contribution in [0.1, 0.15) is 18.4 Å². The molecule has 0 aliphatic rings. The number of H-pyrrole nitrogens is 1. The van der Waals surface area contributed by atoms with Crippen LogP contribution in [0.2, 0.25) is 0 Å². The molecule has 2 aromatic heterocycles. The maximum Gasteiger partial charge on any atom is 0.274 e. The number of nitrogens with one attached hydrogen (secondary N) is 1. The average molecular weight is 371 g/mol. The lowest BCUT2D eigenvalue weighted by Crippen LogP contribution is -2.33. The fraction of sp³-hybridized carbons (Fsp3) is 0.333. The molecule has 1 N–H and O–H groups in total. The monoisotopic (exact) mass is 371 g/mol. The Kier molecular flexibility index (Phi) is 5.51. The number of anilines is 1. The highest BCUT2D eigenvalue weighted by molar-refractivity contribution is 5.94. The maximum absolute atomic E-state index is 12.5. The zero-order valence-electron chi connectivity index (χ0n) is 15.4. The summed E-state index contributed by atoms with van der Waals surface area (Å²) in [4.78, 5) is 34.7. The Morgan fingerprint density at radius 1 is 1.26 bits per heavy atom. The molecule has 0 spiro atoms. The number of fused-ring (bicyclic) bond motifs is 1. The molecule has 27 heavy (non-hydrogen) atoms. The Hall–Kier alpha value is -3.20. The van der Waals surface area contributed by atoms with Gasteiger partial charge in [0.2, 0.25) is 0 Å². The number of aryl methyl sites for hydroxylation is 1. The van der Waals surface area contributed by atoms with Crippen molar-refractivity contribution in [2.45, 2.75) is 20.4 Å². The highest BCUT2D eigenvalue weighted by Gasteiger charge is 2.19. The molecule has 3 rings (SSSR count). The summed E-state index contributed by atoms with van der Waals surface area (Å²) >= 11 is 0. The van der Waals surface area contributed by atoms with Crippen molar-refractivity contribution in [1.29, 1.82) is 0 Å². The Bertz CT molecular complexity index is 993. The van der Waals surface area contributed by atoms with Gasteiger partial charge in [-0.3, -0.25) is 14.7 Å². The number of benzene rings is 1. The quantitative estimate of drug-likeness (QED) is 0.672. The van der Waals surface area contributed by atoms with E-state index in [0.29, 0.717) is 23.8 Å². The minimum Gasteiger partial charge on any atom is -0.494 e. The normalized spacial score (nSPS) is 10.9. The highest BCUT2D eigenvalue weighted by atomic mass is 16.5. The number of hydrogen-bond donors (Lipinski definition) is 1. The molecule has 0 unspecified atom stereocenters. The van der Waals surface area contributed by atoms with Gasteiger partial charge in [-0.15, -0.1) is 0 Å². The SMILES string of the molecule is CCOc1ccc(N(Cc2nc3nc(C)cc(=O)n3[nH]2)C(=O)COC)cc1. The van der Waals surface area contributed by atoms with Crippen molar-refractivity contribution in [3.63, 3.8) is 0 Å². The predicted molar refractivity (Wildman–Crippen MR) is 99.0 cm³/mol. The van der Waals surface area contributed by atoms with E-state index in [1.807, 2.05) is 6.92 Å². The Morgan fingerprint density at radius 2 is 2.00 bits per heavy atom. The van der Waals surface area contributed by atoms with Crippen molar-refractivity contribution >= 4 is 17.4 Å². The first-order valence-electron chi connectivity index (χ1n) is 8.49. The number of aromatic nitrogens is 4. The van der Waals surface area contributed by atoms with Crippen molar-refractivity contribution in [3.05, 3.63) is 52.2 Å². The number of ether oxygens (including phenoxy) is 2. The van der Waals surface area contributed by atoms with E-state index in [1.54, 1.807) is 31.2 Å². The first-order chi connectivity index (χ1) is 13.0. The van der Waals surface area contributed by atoms with Gasteiger partial charge in [-0.2, -0.15) is 9.50 Å². The molecule has 3 aromatic rings. The van der Waals surface area contributed by atoms with Crippen LogP contribution in [-0.2, 0) is 16.1 Å². The summed E-state index contributed by atoms with van der Waals surface area (Å²) in [5.41, 5.74) is 0.987. The second kappa shape index (κ2) is 8.00. The number of amides is 1. The van der Waals surface area contributed by atoms with Gasteiger partial charge in [-0.25, -0.2) is 4.98 Å². The van der Waals surface area contributed by atoms with E-state index in [-0.39, 0.29) is 30.4 Å². The van der Waals surface area contributed by atoms with E-state index in [1.165, 1.54) is 22.6 Å². The molecule has 1 amide bonds. The summed E-state index contributed by atoms with van der Waals surface area (Å²) in [5, 5.41) is 2.89. The number of hydrogen-bond acceptors (Lipinski definition) is 6. The van der Waals surface area contributed by atoms with E-state index in [0.717, 1.165) is 5.75 Å². The minimum atomic E-state index is -0.257. The van der Waals surface area contributed by atoms with E-state index >= 15 is 0 Å². The highest BCUT2D eigenvalue weighted by Crippen LogP contribution is 2.21. The van der Waals surface area contributed by atoms with E-state index in [4.69, 9.17) is 9.47 Å².